The second-order valence-corrected chi connectivity index (χ2v) is 14.2. The van der Waals surface area contributed by atoms with Crippen LogP contribution in [0.5, 0.6) is 11.5 Å². The summed E-state index contributed by atoms with van der Waals surface area (Å²) in [7, 11) is -1.82. The summed E-state index contributed by atoms with van der Waals surface area (Å²) in [5, 5.41) is 11.7. The lowest BCUT2D eigenvalue weighted by molar-refractivity contribution is 0.480. The van der Waals surface area contributed by atoms with Crippen LogP contribution in [-0.2, 0) is 0 Å². The zero-order valence-corrected chi connectivity index (χ0v) is 20.5. The van der Waals surface area contributed by atoms with Gasteiger partial charge in [-0.05, 0) is 56.2 Å². The minimum Gasteiger partial charge on any atom is -0.542 e. The van der Waals surface area contributed by atoms with Crippen molar-refractivity contribution in [1.82, 2.24) is 9.97 Å². The average Bonchev–Trinajstić information content (AvgIpc) is 2.69. The molecule has 0 atom stereocenters. The molecule has 4 nitrogen and oxygen atoms in total. The summed E-state index contributed by atoms with van der Waals surface area (Å²) in [6, 6.07) is 19.6. The van der Waals surface area contributed by atoms with Crippen LogP contribution in [0.25, 0.3) is 21.8 Å². The maximum atomic E-state index is 9.43. The molecule has 4 rings (SSSR count). The Morgan fingerprint density at radius 2 is 1.26 bits per heavy atom. The lowest BCUT2D eigenvalue weighted by atomic mass is 10.2. The van der Waals surface area contributed by atoms with Crippen molar-refractivity contribution >= 4 is 30.1 Å². The number of aromatic hydroxyl groups is 1. The Labute approximate surface area is 186 Å². The van der Waals surface area contributed by atoms with Crippen LogP contribution in [0, 0.1) is 13.8 Å². The number of nitrogens with zero attached hydrogens (tertiary/aromatic N) is 2. The van der Waals surface area contributed by atoms with Crippen molar-refractivity contribution in [3.8, 4) is 11.5 Å². The summed E-state index contributed by atoms with van der Waals surface area (Å²) >= 11 is 0. The number of phenols is 1. The zero-order chi connectivity index (χ0) is 22.8. The SMILES string of the molecule is Cc1ccc2cccc(O)c2n1.Cc1ccc2cccc(O[Si](C)(C)C(C)(C)C)c2n1. The number of benzene rings is 2. The van der Waals surface area contributed by atoms with E-state index >= 15 is 0 Å². The number of pyridine rings is 2. The van der Waals surface area contributed by atoms with E-state index in [9.17, 15) is 5.11 Å². The minimum absolute atomic E-state index is 0.193. The fraction of sp³-hybridized carbons (Fsp3) is 0.308. The van der Waals surface area contributed by atoms with Crippen LogP contribution in [0.2, 0.25) is 18.1 Å². The minimum atomic E-state index is -1.82. The molecule has 31 heavy (non-hydrogen) atoms. The molecule has 4 aromatic rings. The van der Waals surface area contributed by atoms with Gasteiger partial charge in [0, 0.05) is 22.2 Å². The summed E-state index contributed by atoms with van der Waals surface area (Å²) in [6.45, 7) is 15.2. The number of para-hydroxylation sites is 2. The van der Waals surface area contributed by atoms with Crippen LogP contribution in [0.4, 0.5) is 0 Å². The van der Waals surface area contributed by atoms with Gasteiger partial charge in [0.1, 0.15) is 22.5 Å². The Hall–Kier alpha value is -2.92. The highest BCUT2D eigenvalue weighted by molar-refractivity contribution is 6.74. The van der Waals surface area contributed by atoms with Crippen molar-refractivity contribution in [2.24, 2.45) is 0 Å². The topological polar surface area (TPSA) is 55.2 Å². The molecule has 0 aliphatic heterocycles. The summed E-state index contributed by atoms with van der Waals surface area (Å²) in [5.74, 6) is 1.17. The lowest BCUT2D eigenvalue weighted by Crippen LogP contribution is -2.43. The number of rotatable bonds is 2. The molecule has 1 N–H and O–H groups in total. The highest BCUT2D eigenvalue weighted by Gasteiger charge is 2.39. The first-order chi connectivity index (χ1) is 14.5. The molecule has 0 fully saturated rings. The van der Waals surface area contributed by atoms with E-state index < -0.39 is 8.32 Å². The fourth-order valence-corrected chi connectivity index (χ4v) is 3.98. The predicted octanol–water partition coefficient (Wildman–Crippen LogP) is 7.18. The monoisotopic (exact) mass is 432 g/mol. The number of aryl methyl sites for hydroxylation is 2. The summed E-state index contributed by atoms with van der Waals surface area (Å²) < 4.78 is 6.41. The maximum absolute atomic E-state index is 9.43. The molecule has 0 radical (unpaired) electrons. The molecule has 0 aliphatic rings. The molecular formula is C26H32N2O2Si. The number of phenolic OH excluding ortho intramolecular Hbond substituents is 1. The van der Waals surface area contributed by atoms with Gasteiger partial charge in [-0.15, -0.1) is 0 Å². The highest BCUT2D eigenvalue weighted by atomic mass is 28.4. The van der Waals surface area contributed by atoms with Gasteiger partial charge < -0.3 is 9.53 Å². The fourth-order valence-electron chi connectivity index (χ4n) is 2.96. The van der Waals surface area contributed by atoms with Gasteiger partial charge in [0.15, 0.2) is 0 Å². The van der Waals surface area contributed by atoms with E-state index in [1.54, 1.807) is 6.07 Å². The predicted molar refractivity (Wildman–Crippen MR) is 132 cm³/mol. The first kappa shape index (κ1) is 22.8. The highest BCUT2D eigenvalue weighted by Crippen LogP contribution is 2.38. The van der Waals surface area contributed by atoms with Crippen LogP contribution in [0.1, 0.15) is 32.2 Å². The molecule has 5 heteroatoms. The third kappa shape index (κ3) is 5.23. The zero-order valence-electron chi connectivity index (χ0n) is 19.5. The molecule has 0 saturated carbocycles. The van der Waals surface area contributed by atoms with Crippen LogP contribution in [-0.4, -0.2) is 23.4 Å². The van der Waals surface area contributed by atoms with Crippen LogP contribution in [0.3, 0.4) is 0 Å². The molecule has 0 spiro atoms. The third-order valence-corrected chi connectivity index (χ3v) is 10.2. The van der Waals surface area contributed by atoms with E-state index in [0.717, 1.165) is 33.4 Å². The normalized spacial score (nSPS) is 11.8. The maximum Gasteiger partial charge on any atom is 0.250 e. The standard InChI is InChI=1S/C16H23NOSi.C10H9NO/c1-12-10-11-13-8-7-9-14(15(13)17-12)18-19(5,6)16(2,3)4;1-7-5-6-8-3-2-4-9(12)10(8)11-7/h7-11H,1-6H3;2-6,12H,1H3. The molecule has 0 unspecified atom stereocenters. The number of hydrogen-bond donors (Lipinski definition) is 1. The van der Waals surface area contributed by atoms with Crippen molar-refractivity contribution < 1.29 is 9.53 Å². The summed E-state index contributed by atoms with van der Waals surface area (Å²) in [5.41, 5.74) is 3.60. The molecule has 2 aromatic carbocycles. The Morgan fingerprint density at radius 1 is 0.742 bits per heavy atom. The van der Waals surface area contributed by atoms with Gasteiger partial charge >= 0.3 is 0 Å². The molecule has 162 valence electrons. The summed E-state index contributed by atoms with van der Waals surface area (Å²) in [4.78, 5) is 8.86. The van der Waals surface area contributed by atoms with E-state index in [1.807, 2.05) is 56.3 Å². The second kappa shape index (κ2) is 8.67. The van der Waals surface area contributed by atoms with Crippen molar-refractivity contribution in [3.63, 3.8) is 0 Å². The molecule has 0 saturated heterocycles. The van der Waals surface area contributed by atoms with Gasteiger partial charge in [0.05, 0.1) is 0 Å². The summed E-state index contributed by atoms with van der Waals surface area (Å²) in [6.07, 6.45) is 0. The van der Waals surface area contributed by atoms with E-state index in [0.29, 0.717) is 5.52 Å². The average molecular weight is 433 g/mol. The lowest BCUT2D eigenvalue weighted by Gasteiger charge is -2.36. The quantitative estimate of drug-likeness (QED) is 0.341. The van der Waals surface area contributed by atoms with Crippen molar-refractivity contribution in [2.75, 3.05) is 0 Å². The van der Waals surface area contributed by atoms with Crippen molar-refractivity contribution in [2.45, 2.75) is 52.8 Å². The Morgan fingerprint density at radius 3 is 1.84 bits per heavy atom. The van der Waals surface area contributed by atoms with Gasteiger partial charge in [-0.25, -0.2) is 9.97 Å². The van der Waals surface area contributed by atoms with Gasteiger partial charge in [-0.1, -0.05) is 57.2 Å². The van der Waals surface area contributed by atoms with Gasteiger partial charge in [-0.2, -0.15) is 0 Å². The Bertz CT molecular complexity index is 1210. The molecule has 2 heterocycles. The van der Waals surface area contributed by atoms with Gasteiger partial charge in [0.25, 0.3) is 8.32 Å². The Balaban J connectivity index is 0.000000194. The number of hydrogen-bond acceptors (Lipinski definition) is 4. The molecule has 0 amide bonds. The van der Waals surface area contributed by atoms with E-state index in [1.165, 1.54) is 0 Å². The van der Waals surface area contributed by atoms with E-state index in [2.05, 4.69) is 56.0 Å². The van der Waals surface area contributed by atoms with Crippen LogP contribution in [0.15, 0.2) is 60.7 Å². The van der Waals surface area contributed by atoms with Crippen LogP contribution < -0.4 is 4.43 Å². The van der Waals surface area contributed by atoms with Crippen LogP contribution >= 0.6 is 0 Å². The number of fused-ring (bicyclic) bond motifs is 2. The van der Waals surface area contributed by atoms with Gasteiger partial charge in [0.2, 0.25) is 0 Å². The smallest absolute Gasteiger partial charge is 0.250 e. The Kier molecular flexibility index (Phi) is 6.37. The van der Waals surface area contributed by atoms with Crippen molar-refractivity contribution in [1.29, 1.82) is 0 Å². The van der Waals surface area contributed by atoms with Gasteiger partial charge in [-0.3, -0.25) is 0 Å². The second-order valence-electron chi connectivity index (χ2n) is 9.44. The number of aromatic nitrogens is 2. The molecule has 0 bridgehead atoms. The molecule has 0 aliphatic carbocycles. The van der Waals surface area contributed by atoms with E-state index in [4.69, 9.17) is 4.43 Å². The molecular weight excluding hydrogens is 400 g/mol. The molecule has 2 aromatic heterocycles. The first-order valence-corrected chi connectivity index (χ1v) is 13.5. The first-order valence-electron chi connectivity index (χ1n) is 10.6. The van der Waals surface area contributed by atoms with E-state index in [-0.39, 0.29) is 10.8 Å². The third-order valence-electron chi connectivity index (χ3n) is 5.83. The largest absolute Gasteiger partial charge is 0.542 e. The van der Waals surface area contributed by atoms with Crippen molar-refractivity contribution in [3.05, 3.63) is 72.1 Å².